The Labute approximate surface area is 159 Å². The van der Waals surface area contributed by atoms with Crippen molar-refractivity contribution in [3.63, 3.8) is 0 Å². The third-order valence-electron chi connectivity index (χ3n) is 3.83. The van der Waals surface area contributed by atoms with Gasteiger partial charge in [-0.15, -0.1) is 5.10 Å². The van der Waals surface area contributed by atoms with Crippen molar-refractivity contribution >= 4 is 23.2 Å². The number of nitrogens with one attached hydrogen (secondary N) is 1. The number of rotatable bonds is 6. The Morgan fingerprint density at radius 2 is 2.11 bits per heavy atom. The molecule has 1 aromatic heterocycles. The van der Waals surface area contributed by atoms with Crippen LogP contribution < -0.4 is 10.1 Å². The molecule has 1 unspecified atom stereocenters. The second-order valence-corrected chi connectivity index (χ2v) is 6.05. The van der Waals surface area contributed by atoms with Crippen molar-refractivity contribution in [2.24, 2.45) is 0 Å². The number of amides is 1. The lowest BCUT2D eigenvalue weighted by atomic mass is 10.1. The molecule has 0 aliphatic carbocycles. The number of aromatic nitrogens is 3. The summed E-state index contributed by atoms with van der Waals surface area (Å²) in [6.07, 6.45) is 0.445. The van der Waals surface area contributed by atoms with Crippen LogP contribution >= 0.6 is 11.6 Å². The van der Waals surface area contributed by atoms with Gasteiger partial charge >= 0.3 is 0 Å². The summed E-state index contributed by atoms with van der Waals surface area (Å²) in [6, 6.07) is 11.3. The van der Waals surface area contributed by atoms with Crippen molar-refractivity contribution in [2.75, 3.05) is 12.4 Å². The average molecular weight is 391 g/mol. The summed E-state index contributed by atoms with van der Waals surface area (Å²) in [5.74, 6) is -0.833. The van der Waals surface area contributed by atoms with E-state index in [2.05, 4.69) is 15.6 Å². The molecule has 7 nitrogen and oxygen atoms in total. The summed E-state index contributed by atoms with van der Waals surface area (Å²) in [5, 5.41) is 20.3. The molecule has 2 N–H and O–H groups in total. The number of methoxy groups -OCH3 is 1. The minimum Gasteiger partial charge on any atom is -0.496 e. The number of anilines is 1. The van der Waals surface area contributed by atoms with Crippen LogP contribution in [-0.2, 0) is 6.54 Å². The van der Waals surface area contributed by atoms with E-state index in [4.69, 9.17) is 16.3 Å². The van der Waals surface area contributed by atoms with E-state index >= 15 is 0 Å². The van der Waals surface area contributed by atoms with Crippen molar-refractivity contribution in [2.45, 2.75) is 12.6 Å². The molecule has 1 amide bonds. The molecule has 0 fully saturated rings. The van der Waals surface area contributed by atoms with Gasteiger partial charge in [0.1, 0.15) is 11.9 Å². The van der Waals surface area contributed by atoms with Gasteiger partial charge in [-0.1, -0.05) is 41.1 Å². The lowest BCUT2D eigenvalue weighted by Crippen LogP contribution is -2.14. The normalized spacial score (nSPS) is 11.9. The molecule has 0 aliphatic heterocycles. The molecule has 0 spiro atoms. The van der Waals surface area contributed by atoms with Gasteiger partial charge in [-0.25, -0.2) is 9.07 Å². The topological polar surface area (TPSA) is 89.3 Å². The minimum absolute atomic E-state index is 0.0263. The quantitative estimate of drug-likeness (QED) is 0.675. The van der Waals surface area contributed by atoms with E-state index in [0.717, 1.165) is 0 Å². The predicted molar refractivity (Wildman–Crippen MR) is 97.3 cm³/mol. The smallest absolute Gasteiger partial charge is 0.277 e. The zero-order chi connectivity index (χ0) is 19.4. The van der Waals surface area contributed by atoms with Gasteiger partial charge in [-0.3, -0.25) is 4.79 Å². The summed E-state index contributed by atoms with van der Waals surface area (Å²) in [6.45, 7) is 0.0617. The summed E-state index contributed by atoms with van der Waals surface area (Å²) in [7, 11) is 1.51. The number of hydrogen-bond donors (Lipinski definition) is 2. The van der Waals surface area contributed by atoms with Crippen molar-refractivity contribution in [1.29, 1.82) is 0 Å². The van der Waals surface area contributed by atoms with Gasteiger partial charge in [0.25, 0.3) is 5.91 Å². The number of halogens is 2. The van der Waals surface area contributed by atoms with Gasteiger partial charge < -0.3 is 15.2 Å². The van der Waals surface area contributed by atoms with Crippen molar-refractivity contribution in [3.8, 4) is 5.75 Å². The van der Waals surface area contributed by atoms with Crippen LogP contribution in [0.25, 0.3) is 0 Å². The highest BCUT2D eigenvalue weighted by Crippen LogP contribution is 2.26. The lowest BCUT2D eigenvalue weighted by molar-refractivity contribution is 0.102. The first-order valence-electron chi connectivity index (χ1n) is 7.96. The maximum absolute atomic E-state index is 13.9. The first kappa shape index (κ1) is 18.8. The Balaban J connectivity index is 1.71. The molecule has 0 saturated heterocycles. The molecule has 0 aliphatic rings. The Morgan fingerprint density at radius 3 is 2.89 bits per heavy atom. The van der Waals surface area contributed by atoms with E-state index in [0.29, 0.717) is 11.3 Å². The molecular formula is C18H16ClFN4O3. The number of carbonyl (C=O) groups is 1. The fraction of sp³-hybridized carbons (Fsp3) is 0.167. The number of nitrogens with zero attached hydrogens (tertiary/aromatic N) is 3. The Hall–Kier alpha value is -2.97. The predicted octanol–water partition coefficient (Wildman–Crippen LogP) is 3.07. The summed E-state index contributed by atoms with van der Waals surface area (Å²) in [5.41, 5.74) is 0.500. The third-order valence-corrected chi connectivity index (χ3v) is 4.12. The van der Waals surface area contributed by atoms with Crippen LogP contribution in [0.15, 0.2) is 48.7 Å². The highest BCUT2D eigenvalue weighted by Gasteiger charge is 2.17. The number of hydrogen-bond acceptors (Lipinski definition) is 5. The molecule has 140 valence electrons. The zero-order valence-corrected chi connectivity index (χ0v) is 15.0. The van der Waals surface area contributed by atoms with Crippen LogP contribution in [0, 0.1) is 5.82 Å². The van der Waals surface area contributed by atoms with E-state index in [9.17, 15) is 14.3 Å². The second kappa shape index (κ2) is 8.15. The molecule has 0 bridgehead atoms. The number of aliphatic hydroxyl groups excluding tert-OH is 1. The van der Waals surface area contributed by atoms with Crippen molar-refractivity contribution in [3.05, 3.63) is 70.8 Å². The molecule has 2 aromatic carbocycles. The van der Waals surface area contributed by atoms with Gasteiger partial charge in [0, 0.05) is 5.56 Å². The second-order valence-electron chi connectivity index (χ2n) is 5.64. The number of carbonyl (C=O) groups excluding carboxylic acids is 1. The van der Waals surface area contributed by atoms with Gasteiger partial charge in [-0.05, 0) is 18.2 Å². The highest BCUT2D eigenvalue weighted by atomic mass is 35.5. The molecule has 9 heteroatoms. The fourth-order valence-corrected chi connectivity index (χ4v) is 2.67. The molecular weight excluding hydrogens is 375 g/mol. The molecule has 3 aromatic rings. The number of ether oxygens (including phenoxy) is 1. The first-order valence-corrected chi connectivity index (χ1v) is 8.34. The van der Waals surface area contributed by atoms with Crippen molar-refractivity contribution < 1.29 is 19.0 Å². The Bertz CT molecular complexity index is 963. The summed E-state index contributed by atoms with van der Waals surface area (Å²) < 4.78 is 20.4. The van der Waals surface area contributed by atoms with Gasteiger partial charge in [0.05, 0.1) is 30.6 Å². The molecule has 3 rings (SSSR count). The van der Waals surface area contributed by atoms with Gasteiger partial charge in [0.2, 0.25) is 0 Å². The number of aliphatic hydroxyl groups is 1. The maximum Gasteiger partial charge on any atom is 0.277 e. The van der Waals surface area contributed by atoms with Crippen LogP contribution in [0.2, 0.25) is 5.02 Å². The van der Waals surface area contributed by atoms with Crippen LogP contribution in [-0.4, -0.2) is 33.1 Å². The summed E-state index contributed by atoms with van der Waals surface area (Å²) in [4.78, 5) is 12.2. The maximum atomic E-state index is 13.9. The number of para-hydroxylation sites is 1. The van der Waals surface area contributed by atoms with Crippen LogP contribution in [0.1, 0.15) is 22.2 Å². The van der Waals surface area contributed by atoms with Crippen LogP contribution in [0.5, 0.6) is 5.75 Å². The SMILES string of the molecule is COc1ccccc1C(O)Cn1cc(C(=O)Nc2cccc(Cl)c2F)nn1. The van der Waals surface area contributed by atoms with E-state index in [1.54, 1.807) is 24.3 Å². The minimum atomic E-state index is -0.913. The van der Waals surface area contributed by atoms with Crippen LogP contribution in [0.3, 0.4) is 0 Å². The first-order chi connectivity index (χ1) is 13.0. The largest absolute Gasteiger partial charge is 0.496 e. The standard InChI is InChI=1S/C18H16ClFN4O3/c1-27-16-8-3-2-5-11(16)15(25)10-24-9-14(22-23-24)18(26)21-13-7-4-6-12(19)17(13)20/h2-9,15,25H,10H2,1H3,(H,21,26). The van der Waals surface area contributed by atoms with E-state index < -0.39 is 17.8 Å². The van der Waals surface area contributed by atoms with E-state index in [-0.39, 0.29) is 22.9 Å². The fourth-order valence-electron chi connectivity index (χ4n) is 2.50. The van der Waals surface area contributed by atoms with E-state index in [1.165, 1.54) is 36.2 Å². The monoisotopic (exact) mass is 390 g/mol. The van der Waals surface area contributed by atoms with Crippen molar-refractivity contribution in [1.82, 2.24) is 15.0 Å². The Morgan fingerprint density at radius 1 is 1.33 bits per heavy atom. The zero-order valence-electron chi connectivity index (χ0n) is 14.3. The molecule has 0 saturated carbocycles. The molecule has 1 heterocycles. The number of benzene rings is 2. The molecule has 1 atom stereocenters. The van der Waals surface area contributed by atoms with E-state index in [1.807, 2.05) is 0 Å². The van der Waals surface area contributed by atoms with Crippen LogP contribution in [0.4, 0.5) is 10.1 Å². The lowest BCUT2D eigenvalue weighted by Gasteiger charge is -2.14. The summed E-state index contributed by atoms with van der Waals surface area (Å²) >= 11 is 5.69. The highest BCUT2D eigenvalue weighted by molar-refractivity contribution is 6.31. The molecule has 0 radical (unpaired) electrons. The third kappa shape index (κ3) is 4.24. The average Bonchev–Trinajstić information content (AvgIpc) is 3.14. The Kier molecular flexibility index (Phi) is 5.68. The molecule has 27 heavy (non-hydrogen) atoms. The van der Waals surface area contributed by atoms with Gasteiger partial charge in [0.15, 0.2) is 11.5 Å². The van der Waals surface area contributed by atoms with Gasteiger partial charge in [-0.2, -0.15) is 0 Å².